The quantitative estimate of drug-likeness (QED) is 0.560. The summed E-state index contributed by atoms with van der Waals surface area (Å²) < 4.78 is 1.56. The highest BCUT2D eigenvalue weighted by Crippen LogP contribution is 1.99. The van der Waals surface area contributed by atoms with Crippen LogP contribution in [0.4, 0.5) is 0 Å². The van der Waals surface area contributed by atoms with E-state index in [1.54, 1.807) is 17.0 Å². The standard InChI is InChI=1S/C9H11NO/c1-3-8(2)9(11)10-6-4-5-7-10/h3-7H,1-2H3/b8-3+. The third-order valence-electron chi connectivity index (χ3n) is 1.61. The lowest BCUT2D eigenvalue weighted by Crippen LogP contribution is -2.08. The number of hydrogen-bond acceptors (Lipinski definition) is 1. The van der Waals surface area contributed by atoms with E-state index in [0.717, 1.165) is 5.57 Å². The average Bonchev–Trinajstić information content (AvgIpc) is 2.53. The molecule has 1 heterocycles. The number of nitrogens with zero attached hydrogens (tertiary/aromatic N) is 1. The third-order valence-corrected chi connectivity index (χ3v) is 1.61. The van der Waals surface area contributed by atoms with Gasteiger partial charge in [0.1, 0.15) is 0 Å². The van der Waals surface area contributed by atoms with Gasteiger partial charge in [-0.3, -0.25) is 9.36 Å². The van der Waals surface area contributed by atoms with Crippen LogP contribution >= 0.6 is 0 Å². The van der Waals surface area contributed by atoms with Gasteiger partial charge < -0.3 is 0 Å². The molecule has 0 fully saturated rings. The zero-order chi connectivity index (χ0) is 8.27. The van der Waals surface area contributed by atoms with Crippen LogP contribution in [-0.4, -0.2) is 10.5 Å². The zero-order valence-electron chi connectivity index (χ0n) is 6.74. The highest BCUT2D eigenvalue weighted by atomic mass is 16.2. The topological polar surface area (TPSA) is 22.0 Å². The Kier molecular flexibility index (Phi) is 2.26. The molecule has 2 nitrogen and oxygen atoms in total. The Morgan fingerprint density at radius 2 is 1.91 bits per heavy atom. The first-order valence-electron chi connectivity index (χ1n) is 3.56. The van der Waals surface area contributed by atoms with Gasteiger partial charge in [0.05, 0.1) is 0 Å². The number of carbonyl (C=O) groups is 1. The van der Waals surface area contributed by atoms with E-state index < -0.39 is 0 Å². The fourth-order valence-electron chi connectivity index (χ4n) is 0.797. The lowest BCUT2D eigenvalue weighted by molar-refractivity contribution is 0.0955. The molecule has 0 aliphatic carbocycles. The second kappa shape index (κ2) is 3.19. The van der Waals surface area contributed by atoms with E-state index in [-0.39, 0.29) is 5.91 Å². The van der Waals surface area contributed by atoms with Crippen LogP contribution < -0.4 is 0 Å². The van der Waals surface area contributed by atoms with Gasteiger partial charge in [-0.1, -0.05) is 6.08 Å². The molecule has 0 aliphatic rings. The van der Waals surface area contributed by atoms with E-state index in [1.165, 1.54) is 0 Å². The van der Waals surface area contributed by atoms with Crippen LogP contribution in [0.25, 0.3) is 0 Å². The maximum atomic E-state index is 11.3. The first-order chi connectivity index (χ1) is 5.25. The number of rotatable bonds is 1. The number of aromatic nitrogens is 1. The third kappa shape index (κ3) is 1.58. The highest BCUT2D eigenvalue weighted by molar-refractivity contribution is 5.94. The van der Waals surface area contributed by atoms with Gasteiger partial charge in [-0.25, -0.2) is 0 Å². The normalized spacial score (nSPS) is 11.6. The average molecular weight is 149 g/mol. The van der Waals surface area contributed by atoms with Crippen molar-refractivity contribution in [2.45, 2.75) is 13.8 Å². The molecule has 1 aromatic rings. The van der Waals surface area contributed by atoms with Crippen LogP contribution in [0.2, 0.25) is 0 Å². The van der Waals surface area contributed by atoms with E-state index in [4.69, 9.17) is 0 Å². The van der Waals surface area contributed by atoms with Gasteiger partial charge >= 0.3 is 0 Å². The SMILES string of the molecule is C/C=C(\C)C(=O)n1cccc1. The maximum Gasteiger partial charge on any atom is 0.257 e. The summed E-state index contributed by atoms with van der Waals surface area (Å²) in [5.74, 6) is 0.0394. The molecule has 0 bridgehead atoms. The van der Waals surface area contributed by atoms with Crippen molar-refractivity contribution in [3.8, 4) is 0 Å². The fourth-order valence-corrected chi connectivity index (χ4v) is 0.797. The van der Waals surface area contributed by atoms with Crippen molar-refractivity contribution in [1.82, 2.24) is 4.57 Å². The zero-order valence-corrected chi connectivity index (χ0v) is 6.74. The Bertz CT molecular complexity index is 270. The van der Waals surface area contributed by atoms with E-state index >= 15 is 0 Å². The molecule has 0 aliphatic heterocycles. The van der Waals surface area contributed by atoms with Gasteiger partial charge in [-0.15, -0.1) is 0 Å². The van der Waals surface area contributed by atoms with Gasteiger partial charge in [-0.05, 0) is 26.0 Å². The summed E-state index contributed by atoms with van der Waals surface area (Å²) in [5, 5.41) is 0. The monoisotopic (exact) mass is 149 g/mol. The first-order valence-corrected chi connectivity index (χ1v) is 3.56. The Morgan fingerprint density at radius 1 is 1.36 bits per heavy atom. The molecule has 11 heavy (non-hydrogen) atoms. The fraction of sp³-hybridized carbons (Fsp3) is 0.222. The van der Waals surface area contributed by atoms with Crippen molar-refractivity contribution in [1.29, 1.82) is 0 Å². The minimum Gasteiger partial charge on any atom is -0.291 e. The van der Waals surface area contributed by atoms with E-state index in [1.807, 2.05) is 32.1 Å². The summed E-state index contributed by atoms with van der Waals surface area (Å²) in [6, 6.07) is 3.67. The Hall–Kier alpha value is -1.31. The Balaban J connectivity index is 2.87. The molecule has 0 saturated carbocycles. The van der Waals surface area contributed by atoms with Gasteiger partial charge in [0.2, 0.25) is 0 Å². The van der Waals surface area contributed by atoms with Crippen molar-refractivity contribution in [3.05, 3.63) is 36.2 Å². The summed E-state index contributed by atoms with van der Waals surface area (Å²) >= 11 is 0. The van der Waals surface area contributed by atoms with Crippen molar-refractivity contribution in [2.75, 3.05) is 0 Å². The minimum absolute atomic E-state index is 0.0394. The van der Waals surface area contributed by atoms with Gasteiger partial charge in [-0.2, -0.15) is 0 Å². The summed E-state index contributed by atoms with van der Waals surface area (Å²) in [4.78, 5) is 11.3. The van der Waals surface area contributed by atoms with Gasteiger partial charge in [0, 0.05) is 18.0 Å². The van der Waals surface area contributed by atoms with E-state index in [2.05, 4.69) is 0 Å². The molecule has 0 unspecified atom stereocenters. The number of hydrogen-bond donors (Lipinski definition) is 0. The number of allylic oxidation sites excluding steroid dienone is 2. The second-order valence-electron chi connectivity index (χ2n) is 2.37. The lowest BCUT2D eigenvalue weighted by Gasteiger charge is -1.99. The molecule has 0 saturated heterocycles. The molecular formula is C9H11NO. The Labute approximate surface area is 66.1 Å². The molecule has 58 valence electrons. The van der Waals surface area contributed by atoms with Crippen LogP contribution in [0.3, 0.4) is 0 Å². The molecule has 0 N–H and O–H groups in total. The molecule has 0 amide bonds. The summed E-state index contributed by atoms with van der Waals surface area (Å²) in [6.45, 7) is 3.67. The van der Waals surface area contributed by atoms with Crippen molar-refractivity contribution < 1.29 is 4.79 Å². The smallest absolute Gasteiger partial charge is 0.257 e. The molecule has 0 aromatic carbocycles. The van der Waals surface area contributed by atoms with Crippen LogP contribution in [0.15, 0.2) is 36.2 Å². The van der Waals surface area contributed by atoms with Crippen molar-refractivity contribution >= 4 is 5.91 Å². The maximum absolute atomic E-state index is 11.3. The van der Waals surface area contributed by atoms with E-state index in [0.29, 0.717) is 0 Å². The molecule has 1 aromatic heterocycles. The van der Waals surface area contributed by atoms with Crippen LogP contribution in [0.5, 0.6) is 0 Å². The van der Waals surface area contributed by atoms with Crippen LogP contribution in [-0.2, 0) is 0 Å². The first kappa shape index (κ1) is 7.79. The Morgan fingerprint density at radius 3 is 2.36 bits per heavy atom. The van der Waals surface area contributed by atoms with Crippen molar-refractivity contribution in [2.24, 2.45) is 0 Å². The second-order valence-corrected chi connectivity index (χ2v) is 2.37. The minimum atomic E-state index is 0.0394. The molecule has 0 spiro atoms. The van der Waals surface area contributed by atoms with E-state index in [9.17, 15) is 4.79 Å². The summed E-state index contributed by atoms with van der Waals surface area (Å²) in [6.07, 6.45) is 5.30. The molecule has 2 heteroatoms. The van der Waals surface area contributed by atoms with Crippen LogP contribution in [0, 0.1) is 0 Å². The predicted molar refractivity (Wildman–Crippen MR) is 44.5 cm³/mol. The highest BCUT2D eigenvalue weighted by Gasteiger charge is 2.02. The molecule has 1 rings (SSSR count). The van der Waals surface area contributed by atoms with Gasteiger partial charge in [0.25, 0.3) is 5.91 Å². The van der Waals surface area contributed by atoms with Gasteiger partial charge in [0.15, 0.2) is 0 Å². The summed E-state index contributed by atoms with van der Waals surface area (Å²) in [5.41, 5.74) is 0.765. The molecule has 0 atom stereocenters. The summed E-state index contributed by atoms with van der Waals surface area (Å²) in [7, 11) is 0. The molecular weight excluding hydrogens is 138 g/mol. The lowest BCUT2D eigenvalue weighted by atomic mass is 10.3. The predicted octanol–water partition coefficient (Wildman–Crippen LogP) is 2.09. The largest absolute Gasteiger partial charge is 0.291 e. The number of carbonyl (C=O) groups excluding carboxylic acids is 1. The molecule has 0 radical (unpaired) electrons. The van der Waals surface area contributed by atoms with Crippen LogP contribution in [0.1, 0.15) is 18.6 Å². The van der Waals surface area contributed by atoms with Crippen molar-refractivity contribution in [3.63, 3.8) is 0 Å².